The minimum Gasteiger partial charge on any atom is -0.423 e. The van der Waals surface area contributed by atoms with Gasteiger partial charge in [-0.3, -0.25) is 0 Å². The van der Waals surface area contributed by atoms with Crippen LogP contribution in [0.15, 0.2) is 47.4 Å². The van der Waals surface area contributed by atoms with Crippen LogP contribution >= 0.6 is 0 Å². The van der Waals surface area contributed by atoms with Crippen LogP contribution in [-0.2, 0) is 10.0 Å². The molecule has 0 saturated heterocycles. The highest BCUT2D eigenvalue weighted by atomic mass is 32.2. The molecular weight excluding hydrogens is 359 g/mol. The van der Waals surface area contributed by atoms with Crippen LogP contribution < -0.4 is 4.74 Å². The molecule has 0 heterocycles. The van der Waals surface area contributed by atoms with Crippen molar-refractivity contribution >= 4 is 16.0 Å². The van der Waals surface area contributed by atoms with E-state index in [0.29, 0.717) is 5.56 Å². The second-order valence-electron chi connectivity index (χ2n) is 5.26. The zero-order valence-electron chi connectivity index (χ0n) is 14.3. The molecule has 0 N–H and O–H groups in total. The van der Waals surface area contributed by atoms with Crippen LogP contribution in [0.1, 0.15) is 29.8 Å². The fraction of sp³-hybridized carbons (Fsp3) is 0.222. The number of hydrogen-bond donors (Lipinski definition) is 0. The Labute approximate surface area is 151 Å². The molecule has 0 unspecified atom stereocenters. The van der Waals surface area contributed by atoms with Gasteiger partial charge in [0.25, 0.3) is 0 Å². The van der Waals surface area contributed by atoms with Gasteiger partial charge in [-0.25, -0.2) is 17.6 Å². The summed E-state index contributed by atoms with van der Waals surface area (Å²) in [5, 5.41) is 8.75. The average molecular weight is 376 g/mol. The van der Waals surface area contributed by atoms with Gasteiger partial charge in [-0.05, 0) is 42.5 Å². The lowest BCUT2D eigenvalue weighted by atomic mass is 10.2. The zero-order valence-corrected chi connectivity index (χ0v) is 15.1. The molecule has 0 aliphatic carbocycles. The minimum absolute atomic E-state index is 0.116. The van der Waals surface area contributed by atoms with E-state index in [9.17, 15) is 17.6 Å². The van der Waals surface area contributed by atoms with Crippen LogP contribution in [0.25, 0.3) is 0 Å². The Balaban J connectivity index is 2.34. The largest absolute Gasteiger partial charge is 0.423 e. The summed E-state index contributed by atoms with van der Waals surface area (Å²) in [5.74, 6) is -1.80. The second kappa shape index (κ2) is 8.08. The monoisotopic (exact) mass is 376 g/mol. The normalized spacial score (nSPS) is 11.2. The molecule has 0 spiro atoms. The molecule has 0 saturated carbocycles. The number of carbonyl (C=O) groups excluding carboxylic acids is 1. The summed E-state index contributed by atoms with van der Waals surface area (Å²) in [7, 11) is -3.83. The quantitative estimate of drug-likeness (QED) is 0.571. The second-order valence-corrected chi connectivity index (χ2v) is 7.19. The van der Waals surface area contributed by atoms with Gasteiger partial charge in [-0.1, -0.05) is 13.8 Å². The molecule has 0 aromatic heterocycles. The Hall–Kier alpha value is -2.76. The highest BCUT2D eigenvalue weighted by molar-refractivity contribution is 7.89. The van der Waals surface area contributed by atoms with E-state index in [2.05, 4.69) is 0 Å². The number of nitriles is 1. The SMILES string of the molecule is CCN(CC)S(=O)(=O)c1ccc(F)c(C(=O)Oc2ccc(C#N)cc2)c1. The third-order valence-corrected chi connectivity index (χ3v) is 5.74. The van der Waals surface area contributed by atoms with Gasteiger partial charge in [0.2, 0.25) is 10.0 Å². The lowest BCUT2D eigenvalue weighted by molar-refractivity contribution is 0.0729. The first-order valence-electron chi connectivity index (χ1n) is 7.85. The van der Waals surface area contributed by atoms with Crippen molar-refractivity contribution in [2.75, 3.05) is 13.1 Å². The van der Waals surface area contributed by atoms with Crippen molar-refractivity contribution in [1.29, 1.82) is 5.26 Å². The summed E-state index contributed by atoms with van der Waals surface area (Å²) >= 11 is 0. The number of ether oxygens (including phenoxy) is 1. The molecular formula is C18H17FN2O4S. The molecule has 136 valence electrons. The van der Waals surface area contributed by atoms with Crippen LogP contribution in [0.4, 0.5) is 4.39 Å². The van der Waals surface area contributed by atoms with Gasteiger partial charge in [0, 0.05) is 13.1 Å². The van der Waals surface area contributed by atoms with Gasteiger partial charge in [0.05, 0.1) is 22.1 Å². The fourth-order valence-corrected chi connectivity index (χ4v) is 3.78. The standard InChI is InChI=1S/C18H17FN2O4S/c1-3-21(4-2)26(23,24)15-9-10-17(19)16(11-15)18(22)25-14-7-5-13(12-20)6-8-14/h5-11H,3-4H2,1-2H3. The van der Waals surface area contributed by atoms with E-state index >= 15 is 0 Å². The maximum absolute atomic E-state index is 14.0. The maximum atomic E-state index is 14.0. The molecule has 26 heavy (non-hydrogen) atoms. The lowest BCUT2D eigenvalue weighted by Gasteiger charge is -2.18. The van der Waals surface area contributed by atoms with E-state index in [-0.39, 0.29) is 23.7 Å². The van der Waals surface area contributed by atoms with E-state index < -0.39 is 27.4 Å². The van der Waals surface area contributed by atoms with E-state index in [0.717, 1.165) is 18.2 Å². The Morgan fingerprint density at radius 3 is 2.31 bits per heavy atom. The number of nitrogens with zero attached hydrogens (tertiary/aromatic N) is 2. The maximum Gasteiger partial charge on any atom is 0.346 e. The van der Waals surface area contributed by atoms with Gasteiger partial charge >= 0.3 is 5.97 Å². The van der Waals surface area contributed by atoms with E-state index in [1.165, 1.54) is 28.6 Å². The molecule has 0 aliphatic heterocycles. The predicted molar refractivity (Wildman–Crippen MR) is 92.6 cm³/mol. The zero-order chi connectivity index (χ0) is 19.3. The van der Waals surface area contributed by atoms with Crippen LogP contribution in [0.3, 0.4) is 0 Å². The molecule has 6 nitrogen and oxygen atoms in total. The molecule has 0 atom stereocenters. The lowest BCUT2D eigenvalue weighted by Crippen LogP contribution is -2.30. The highest BCUT2D eigenvalue weighted by Gasteiger charge is 2.25. The van der Waals surface area contributed by atoms with Crippen molar-refractivity contribution in [3.05, 3.63) is 59.4 Å². The average Bonchev–Trinajstić information content (AvgIpc) is 2.63. The molecule has 0 bridgehead atoms. The van der Waals surface area contributed by atoms with Crippen LogP contribution in [-0.4, -0.2) is 31.8 Å². The molecule has 0 fully saturated rings. The molecule has 0 radical (unpaired) electrons. The predicted octanol–water partition coefficient (Wildman–Crippen LogP) is 2.95. The summed E-state index contributed by atoms with van der Waals surface area (Å²) in [6.07, 6.45) is 0. The minimum atomic E-state index is -3.83. The van der Waals surface area contributed by atoms with Crippen LogP contribution in [0.2, 0.25) is 0 Å². The summed E-state index contributed by atoms with van der Waals surface area (Å²) in [5.41, 5.74) is -0.106. The number of carbonyl (C=O) groups is 1. The van der Waals surface area contributed by atoms with Crippen molar-refractivity contribution in [3.8, 4) is 11.8 Å². The molecule has 0 amide bonds. The Kier molecular flexibility index (Phi) is 6.08. The fourth-order valence-electron chi connectivity index (χ4n) is 2.29. The van der Waals surface area contributed by atoms with Gasteiger partial charge < -0.3 is 4.74 Å². The van der Waals surface area contributed by atoms with E-state index in [1.54, 1.807) is 13.8 Å². The Morgan fingerprint density at radius 1 is 1.15 bits per heavy atom. The summed E-state index contributed by atoms with van der Waals surface area (Å²) < 4.78 is 45.4. The van der Waals surface area contributed by atoms with Gasteiger partial charge in [-0.15, -0.1) is 0 Å². The first-order valence-corrected chi connectivity index (χ1v) is 9.29. The van der Waals surface area contributed by atoms with E-state index in [1.807, 2.05) is 6.07 Å². The third kappa shape index (κ3) is 4.07. The Bertz CT molecular complexity index is 946. The summed E-state index contributed by atoms with van der Waals surface area (Å²) in [6.45, 7) is 3.87. The third-order valence-electron chi connectivity index (χ3n) is 3.69. The molecule has 2 rings (SSSR count). The number of esters is 1. The summed E-state index contributed by atoms with van der Waals surface area (Å²) in [4.78, 5) is 12.1. The first-order chi connectivity index (χ1) is 12.3. The number of sulfonamides is 1. The van der Waals surface area contributed by atoms with Gasteiger partial charge in [0.15, 0.2) is 0 Å². The summed E-state index contributed by atoms with van der Waals surface area (Å²) in [6, 6.07) is 10.6. The smallest absolute Gasteiger partial charge is 0.346 e. The first kappa shape index (κ1) is 19.6. The van der Waals surface area contributed by atoms with Crippen molar-refractivity contribution in [2.24, 2.45) is 0 Å². The van der Waals surface area contributed by atoms with E-state index in [4.69, 9.17) is 10.00 Å². The van der Waals surface area contributed by atoms with Gasteiger partial charge in [-0.2, -0.15) is 9.57 Å². The number of rotatable bonds is 6. The number of hydrogen-bond acceptors (Lipinski definition) is 5. The van der Waals surface area contributed by atoms with Crippen LogP contribution in [0.5, 0.6) is 5.75 Å². The van der Waals surface area contributed by atoms with Crippen molar-refractivity contribution in [2.45, 2.75) is 18.7 Å². The van der Waals surface area contributed by atoms with Crippen molar-refractivity contribution in [1.82, 2.24) is 4.31 Å². The molecule has 0 aliphatic rings. The van der Waals surface area contributed by atoms with Crippen molar-refractivity contribution < 1.29 is 22.3 Å². The molecule has 8 heteroatoms. The topological polar surface area (TPSA) is 87.5 Å². The number of benzene rings is 2. The highest BCUT2D eigenvalue weighted by Crippen LogP contribution is 2.21. The Morgan fingerprint density at radius 2 is 1.77 bits per heavy atom. The van der Waals surface area contributed by atoms with Crippen molar-refractivity contribution in [3.63, 3.8) is 0 Å². The van der Waals surface area contributed by atoms with Crippen LogP contribution in [0, 0.1) is 17.1 Å². The van der Waals surface area contributed by atoms with Gasteiger partial charge in [0.1, 0.15) is 11.6 Å². The number of halogens is 1. The molecule has 2 aromatic rings. The molecule has 2 aromatic carbocycles.